The van der Waals surface area contributed by atoms with Gasteiger partial charge in [0.05, 0.1) is 14.9 Å². The lowest BCUT2D eigenvalue weighted by molar-refractivity contribution is -0.116. The Balaban J connectivity index is 1.48. The van der Waals surface area contributed by atoms with E-state index in [4.69, 9.17) is 23.2 Å². The highest BCUT2D eigenvalue weighted by molar-refractivity contribution is 7.89. The molecule has 3 rings (SSSR count). The Morgan fingerprint density at radius 3 is 2.45 bits per heavy atom. The molecule has 1 aliphatic rings. The number of carbonyl (C=O) groups is 1. The van der Waals surface area contributed by atoms with Gasteiger partial charge >= 0.3 is 0 Å². The van der Waals surface area contributed by atoms with E-state index >= 15 is 0 Å². The van der Waals surface area contributed by atoms with Gasteiger partial charge in [-0.15, -0.1) is 0 Å². The molecule has 154 valence electrons. The van der Waals surface area contributed by atoms with E-state index in [9.17, 15) is 13.2 Å². The summed E-state index contributed by atoms with van der Waals surface area (Å²) in [5, 5.41) is 3.72. The van der Waals surface area contributed by atoms with E-state index in [2.05, 4.69) is 5.32 Å². The third-order valence-corrected chi connectivity index (χ3v) is 7.66. The molecular formula is C21H22Cl2N2O3S. The Morgan fingerprint density at radius 1 is 1.07 bits per heavy atom. The molecule has 1 N–H and O–H groups in total. The molecule has 8 heteroatoms. The van der Waals surface area contributed by atoms with Gasteiger partial charge in [-0.2, -0.15) is 4.31 Å². The predicted octanol–water partition coefficient (Wildman–Crippen LogP) is 4.22. The smallest absolute Gasteiger partial charge is 0.244 e. The zero-order valence-electron chi connectivity index (χ0n) is 15.7. The second-order valence-corrected chi connectivity index (χ2v) is 9.61. The molecule has 0 radical (unpaired) electrons. The van der Waals surface area contributed by atoms with Crippen LogP contribution in [0.1, 0.15) is 18.4 Å². The van der Waals surface area contributed by atoms with E-state index < -0.39 is 10.0 Å². The maximum atomic E-state index is 12.7. The molecule has 1 saturated heterocycles. The number of amides is 1. The van der Waals surface area contributed by atoms with Crippen LogP contribution in [-0.2, 0) is 14.8 Å². The molecule has 1 heterocycles. The van der Waals surface area contributed by atoms with Crippen molar-refractivity contribution in [1.82, 2.24) is 9.62 Å². The molecule has 1 fully saturated rings. The van der Waals surface area contributed by atoms with Crippen molar-refractivity contribution in [3.63, 3.8) is 0 Å². The average Bonchev–Trinajstić information content (AvgIpc) is 2.74. The summed E-state index contributed by atoms with van der Waals surface area (Å²) in [5.74, 6) is 0.0182. The minimum absolute atomic E-state index is 0.222. The van der Waals surface area contributed by atoms with E-state index in [0.717, 1.165) is 0 Å². The van der Waals surface area contributed by atoms with Gasteiger partial charge in [-0.1, -0.05) is 53.5 Å². The van der Waals surface area contributed by atoms with Crippen LogP contribution >= 0.6 is 23.2 Å². The van der Waals surface area contributed by atoms with Gasteiger partial charge in [0, 0.05) is 25.7 Å². The predicted molar refractivity (Wildman–Crippen MR) is 116 cm³/mol. The molecule has 2 aromatic rings. The zero-order valence-corrected chi connectivity index (χ0v) is 18.1. The fraction of sp³-hybridized carbons (Fsp3) is 0.286. The zero-order chi connectivity index (χ0) is 20.9. The monoisotopic (exact) mass is 452 g/mol. The number of benzene rings is 2. The van der Waals surface area contributed by atoms with Gasteiger partial charge in [-0.05, 0) is 48.6 Å². The maximum Gasteiger partial charge on any atom is 0.244 e. The number of nitrogens with one attached hydrogen (secondary N) is 1. The molecule has 1 aliphatic heterocycles. The quantitative estimate of drug-likeness (QED) is 0.666. The number of sulfonamides is 1. The first kappa shape index (κ1) is 21.8. The van der Waals surface area contributed by atoms with E-state index in [0.29, 0.717) is 53.0 Å². The third-order valence-electron chi connectivity index (χ3n) is 4.92. The molecule has 0 atom stereocenters. The van der Waals surface area contributed by atoms with Crippen molar-refractivity contribution in [3.05, 3.63) is 70.2 Å². The fourth-order valence-corrected chi connectivity index (χ4v) is 5.08. The lowest BCUT2D eigenvalue weighted by Gasteiger charge is -2.31. The molecule has 0 unspecified atom stereocenters. The van der Waals surface area contributed by atoms with Crippen molar-refractivity contribution in [2.24, 2.45) is 5.92 Å². The number of hydrogen-bond acceptors (Lipinski definition) is 3. The van der Waals surface area contributed by atoms with Crippen LogP contribution in [0.5, 0.6) is 0 Å². The Kier molecular flexibility index (Phi) is 7.35. The molecule has 0 spiro atoms. The highest BCUT2D eigenvalue weighted by Crippen LogP contribution is 2.26. The first-order chi connectivity index (χ1) is 13.9. The molecule has 2 aromatic carbocycles. The van der Waals surface area contributed by atoms with Crippen molar-refractivity contribution in [3.8, 4) is 0 Å². The summed E-state index contributed by atoms with van der Waals surface area (Å²) in [6.07, 6.45) is 4.46. The van der Waals surface area contributed by atoms with E-state index in [1.165, 1.54) is 10.4 Å². The highest BCUT2D eigenvalue weighted by atomic mass is 35.5. The second-order valence-electron chi connectivity index (χ2n) is 6.88. The first-order valence-corrected chi connectivity index (χ1v) is 11.5. The Morgan fingerprint density at radius 2 is 1.76 bits per heavy atom. The van der Waals surface area contributed by atoms with Crippen LogP contribution in [0.2, 0.25) is 10.0 Å². The van der Waals surface area contributed by atoms with Gasteiger partial charge in [0.1, 0.15) is 0 Å². The number of halogens is 2. The van der Waals surface area contributed by atoms with Crippen LogP contribution in [0.25, 0.3) is 6.08 Å². The lowest BCUT2D eigenvalue weighted by Crippen LogP contribution is -2.41. The largest absolute Gasteiger partial charge is 0.352 e. The van der Waals surface area contributed by atoms with E-state index in [1.54, 1.807) is 54.6 Å². The van der Waals surface area contributed by atoms with Gasteiger partial charge in [0.15, 0.2) is 0 Å². The summed E-state index contributed by atoms with van der Waals surface area (Å²) in [4.78, 5) is 12.4. The van der Waals surface area contributed by atoms with Crippen molar-refractivity contribution < 1.29 is 13.2 Å². The van der Waals surface area contributed by atoms with Crippen LogP contribution in [0.4, 0.5) is 0 Å². The van der Waals surface area contributed by atoms with Gasteiger partial charge < -0.3 is 5.32 Å². The van der Waals surface area contributed by atoms with Gasteiger partial charge in [-0.3, -0.25) is 4.79 Å². The second kappa shape index (κ2) is 9.76. The molecule has 5 nitrogen and oxygen atoms in total. The average molecular weight is 453 g/mol. The van der Waals surface area contributed by atoms with Crippen molar-refractivity contribution in [2.75, 3.05) is 19.6 Å². The third kappa shape index (κ3) is 5.60. The van der Waals surface area contributed by atoms with Crippen molar-refractivity contribution >= 4 is 45.2 Å². The Bertz CT molecular complexity index is 986. The number of rotatable bonds is 6. The van der Waals surface area contributed by atoms with Crippen molar-refractivity contribution in [1.29, 1.82) is 0 Å². The molecule has 0 bridgehead atoms. The maximum absolute atomic E-state index is 12.7. The summed E-state index contributed by atoms with van der Waals surface area (Å²) in [5.41, 5.74) is 0.675. The summed E-state index contributed by atoms with van der Waals surface area (Å²) < 4.78 is 26.8. The minimum Gasteiger partial charge on any atom is -0.352 e. The number of piperidine rings is 1. The van der Waals surface area contributed by atoms with Crippen LogP contribution in [-0.4, -0.2) is 38.3 Å². The number of nitrogens with zero attached hydrogens (tertiary/aromatic N) is 1. The lowest BCUT2D eigenvalue weighted by atomic mass is 9.98. The molecule has 29 heavy (non-hydrogen) atoms. The molecule has 1 amide bonds. The Hall–Kier alpha value is -1.86. The highest BCUT2D eigenvalue weighted by Gasteiger charge is 2.29. The number of hydrogen-bond donors (Lipinski definition) is 1. The fourth-order valence-electron chi connectivity index (χ4n) is 3.21. The molecule has 0 aromatic heterocycles. The van der Waals surface area contributed by atoms with Gasteiger partial charge in [0.2, 0.25) is 15.9 Å². The minimum atomic E-state index is -3.45. The van der Waals surface area contributed by atoms with Crippen LogP contribution in [0, 0.1) is 5.92 Å². The Labute approximate surface area is 181 Å². The van der Waals surface area contributed by atoms with Gasteiger partial charge in [0.25, 0.3) is 0 Å². The summed E-state index contributed by atoms with van der Waals surface area (Å²) in [6, 6.07) is 13.7. The van der Waals surface area contributed by atoms with Crippen LogP contribution < -0.4 is 5.32 Å². The number of carbonyl (C=O) groups excluding carboxylic acids is 1. The first-order valence-electron chi connectivity index (χ1n) is 9.33. The van der Waals surface area contributed by atoms with E-state index in [-0.39, 0.29) is 11.8 Å². The van der Waals surface area contributed by atoms with Crippen molar-refractivity contribution in [2.45, 2.75) is 17.7 Å². The van der Waals surface area contributed by atoms with Crippen LogP contribution in [0.15, 0.2) is 59.5 Å². The van der Waals surface area contributed by atoms with E-state index in [1.807, 2.05) is 0 Å². The molecule has 0 aliphatic carbocycles. The standard InChI is InChI=1S/C21H22Cl2N2O3S/c22-19-8-4-5-17(21(19)23)9-10-20(26)24-15-16-11-13-25(14-12-16)29(27,28)18-6-2-1-3-7-18/h1-10,16H,11-15H2,(H,24,26)/b10-9+. The normalized spacial score (nSPS) is 16.2. The summed E-state index contributed by atoms with van der Waals surface area (Å²) in [7, 11) is -3.45. The topological polar surface area (TPSA) is 66.5 Å². The summed E-state index contributed by atoms with van der Waals surface area (Å²) in [6.45, 7) is 1.41. The van der Waals surface area contributed by atoms with Gasteiger partial charge in [-0.25, -0.2) is 8.42 Å². The SMILES string of the molecule is O=C(/C=C/c1cccc(Cl)c1Cl)NCC1CCN(S(=O)(=O)c2ccccc2)CC1. The molecular weight excluding hydrogens is 431 g/mol. The van der Waals surface area contributed by atoms with Crippen LogP contribution in [0.3, 0.4) is 0 Å². The summed E-state index contributed by atoms with van der Waals surface area (Å²) >= 11 is 12.1. The molecule has 0 saturated carbocycles.